The summed E-state index contributed by atoms with van der Waals surface area (Å²) < 4.78 is 6.21. The van der Waals surface area contributed by atoms with Crippen molar-refractivity contribution in [2.24, 2.45) is 11.8 Å². The zero-order valence-electron chi connectivity index (χ0n) is 25.4. The molecule has 4 heterocycles. The van der Waals surface area contributed by atoms with E-state index in [9.17, 15) is 14.4 Å². The SMILES string of the molecule is CC(=O)N1CCN(C(=O)C[C@@H]2CCN3C[C@@H]2/C=C/COc2ccc(N(C)CCc4ccccn4)cc2CNCC3=O)CC1. The number of ether oxygens (including phenoxy) is 1. The van der Waals surface area contributed by atoms with E-state index >= 15 is 0 Å². The second-order valence-corrected chi connectivity index (χ2v) is 11.8. The number of hydrogen-bond acceptors (Lipinski definition) is 7. The number of piperazine rings is 1. The molecule has 0 unspecified atom stereocenters. The Morgan fingerprint density at radius 3 is 2.65 bits per heavy atom. The number of aromatic nitrogens is 1. The van der Waals surface area contributed by atoms with E-state index < -0.39 is 0 Å². The van der Waals surface area contributed by atoms with Gasteiger partial charge in [-0.25, -0.2) is 0 Å². The van der Waals surface area contributed by atoms with Crippen LogP contribution in [0, 0.1) is 11.8 Å². The van der Waals surface area contributed by atoms with Gasteiger partial charge >= 0.3 is 0 Å². The molecule has 230 valence electrons. The third-order valence-electron chi connectivity index (χ3n) is 8.90. The van der Waals surface area contributed by atoms with Gasteiger partial charge in [-0.2, -0.15) is 0 Å². The number of benzene rings is 1. The Balaban J connectivity index is 1.22. The Labute approximate surface area is 254 Å². The largest absolute Gasteiger partial charge is 0.489 e. The van der Waals surface area contributed by atoms with E-state index in [0.29, 0.717) is 58.8 Å². The summed E-state index contributed by atoms with van der Waals surface area (Å²) >= 11 is 0. The summed E-state index contributed by atoms with van der Waals surface area (Å²) in [5, 5.41) is 3.35. The summed E-state index contributed by atoms with van der Waals surface area (Å²) in [5.41, 5.74) is 3.15. The standard InChI is InChI=1S/C33H44N6O4/c1-25(40)37-15-17-38(18-16-37)32(41)21-26-10-14-39-24-27(26)6-5-19-43-31-9-8-30(20-28(31)22-34-23-33(39)42)36(2)13-11-29-7-3-4-12-35-29/h3-9,12,20,26-27,34H,10-11,13-19,21-24H2,1-2H3/b6-5+/t26-,27-/m0/s1. The van der Waals surface area contributed by atoms with Crippen LogP contribution in [0.2, 0.25) is 0 Å². The van der Waals surface area contributed by atoms with E-state index in [2.05, 4.69) is 40.5 Å². The van der Waals surface area contributed by atoms with Crippen molar-refractivity contribution in [3.8, 4) is 5.75 Å². The van der Waals surface area contributed by atoms with Crippen LogP contribution in [0.5, 0.6) is 5.75 Å². The van der Waals surface area contributed by atoms with Crippen molar-refractivity contribution in [3.05, 3.63) is 66.0 Å². The maximum absolute atomic E-state index is 13.2. The lowest BCUT2D eigenvalue weighted by Gasteiger charge is -2.39. The highest BCUT2D eigenvalue weighted by Crippen LogP contribution is 2.30. The number of carbonyl (C=O) groups is 3. The van der Waals surface area contributed by atoms with Crippen LogP contribution in [0.4, 0.5) is 5.69 Å². The molecule has 5 rings (SSSR count). The lowest BCUT2D eigenvalue weighted by atomic mass is 9.82. The van der Waals surface area contributed by atoms with Crippen LogP contribution in [-0.4, -0.2) is 103 Å². The Morgan fingerprint density at radius 1 is 1.07 bits per heavy atom. The molecule has 3 amide bonds. The number of likely N-dealkylation sites (N-methyl/N-ethyl adjacent to an activating group) is 1. The van der Waals surface area contributed by atoms with Crippen molar-refractivity contribution in [1.82, 2.24) is 25.0 Å². The summed E-state index contributed by atoms with van der Waals surface area (Å²) in [6, 6.07) is 12.2. The molecule has 43 heavy (non-hydrogen) atoms. The van der Waals surface area contributed by atoms with Crippen molar-refractivity contribution >= 4 is 23.4 Å². The fourth-order valence-electron chi connectivity index (χ4n) is 6.18. The molecule has 2 atom stereocenters. The van der Waals surface area contributed by atoms with E-state index in [1.807, 2.05) is 46.3 Å². The minimum absolute atomic E-state index is 0.0574. The van der Waals surface area contributed by atoms with Crippen LogP contribution in [0.15, 0.2) is 54.7 Å². The van der Waals surface area contributed by atoms with Crippen LogP contribution in [0.3, 0.4) is 0 Å². The number of carbonyl (C=O) groups excluding carboxylic acids is 3. The summed E-state index contributed by atoms with van der Waals surface area (Å²) in [6.07, 6.45) is 8.08. The summed E-state index contributed by atoms with van der Waals surface area (Å²) in [7, 11) is 2.07. The Bertz CT molecular complexity index is 1290. The number of rotatable bonds is 6. The molecule has 10 heteroatoms. The van der Waals surface area contributed by atoms with E-state index in [0.717, 1.165) is 42.1 Å². The second-order valence-electron chi connectivity index (χ2n) is 11.8. The first-order valence-electron chi connectivity index (χ1n) is 15.4. The van der Waals surface area contributed by atoms with Crippen LogP contribution in [0.25, 0.3) is 0 Å². The molecule has 10 nitrogen and oxygen atoms in total. The molecule has 2 saturated heterocycles. The highest BCUT2D eigenvalue weighted by Gasteiger charge is 2.33. The van der Waals surface area contributed by atoms with Crippen LogP contribution >= 0.6 is 0 Å². The number of pyridine rings is 1. The summed E-state index contributed by atoms with van der Waals surface area (Å²) in [5.74, 6) is 1.31. The zero-order chi connectivity index (χ0) is 30.2. The third-order valence-corrected chi connectivity index (χ3v) is 8.90. The van der Waals surface area contributed by atoms with E-state index in [-0.39, 0.29) is 36.1 Å². The van der Waals surface area contributed by atoms with Crippen LogP contribution in [-0.2, 0) is 27.3 Å². The van der Waals surface area contributed by atoms with Gasteiger partial charge in [-0.3, -0.25) is 19.4 Å². The smallest absolute Gasteiger partial charge is 0.236 e. The molecule has 0 aliphatic carbocycles. The number of piperidine rings is 1. The Hall–Kier alpha value is -3.92. The molecule has 0 spiro atoms. The second kappa shape index (κ2) is 14.5. The summed E-state index contributed by atoms with van der Waals surface area (Å²) in [6.45, 7) is 7.19. The maximum Gasteiger partial charge on any atom is 0.236 e. The van der Waals surface area contributed by atoms with E-state index in [4.69, 9.17) is 4.74 Å². The highest BCUT2D eigenvalue weighted by atomic mass is 16.5. The first-order valence-corrected chi connectivity index (χ1v) is 15.4. The van der Waals surface area contributed by atoms with Crippen molar-refractivity contribution < 1.29 is 19.1 Å². The molecular formula is C33H44N6O4. The molecule has 1 N–H and O–H groups in total. The van der Waals surface area contributed by atoms with Crippen molar-refractivity contribution in [3.63, 3.8) is 0 Å². The van der Waals surface area contributed by atoms with Gasteiger partial charge in [-0.05, 0) is 48.6 Å². The summed E-state index contributed by atoms with van der Waals surface area (Å²) in [4.78, 5) is 50.3. The lowest BCUT2D eigenvalue weighted by molar-refractivity contribution is -0.140. The number of fused-ring (bicyclic) bond motifs is 3. The minimum atomic E-state index is 0.0574. The van der Waals surface area contributed by atoms with Gasteiger partial charge < -0.3 is 29.7 Å². The topological polar surface area (TPSA) is 98.3 Å². The first kappa shape index (κ1) is 30.5. The Kier molecular flexibility index (Phi) is 10.3. The van der Waals surface area contributed by atoms with Gasteiger partial charge in [0.05, 0.1) is 6.54 Å². The van der Waals surface area contributed by atoms with Gasteiger partial charge in [-0.15, -0.1) is 0 Å². The molecule has 3 aliphatic rings. The number of nitrogens with zero attached hydrogens (tertiary/aromatic N) is 5. The van der Waals surface area contributed by atoms with Crippen LogP contribution in [0.1, 0.15) is 31.0 Å². The van der Waals surface area contributed by atoms with E-state index in [1.165, 1.54) is 0 Å². The zero-order valence-corrected chi connectivity index (χ0v) is 25.4. The molecule has 3 aliphatic heterocycles. The predicted octanol–water partition coefficient (Wildman–Crippen LogP) is 2.34. The fraction of sp³-hybridized carbons (Fsp3) is 0.515. The van der Waals surface area contributed by atoms with Gasteiger partial charge in [-0.1, -0.05) is 18.2 Å². The lowest BCUT2D eigenvalue weighted by Crippen LogP contribution is -2.51. The average Bonchev–Trinajstić information content (AvgIpc) is 3.04. The normalized spacial score (nSPS) is 21.9. The molecule has 0 radical (unpaired) electrons. The molecule has 1 aromatic carbocycles. The Morgan fingerprint density at radius 2 is 1.88 bits per heavy atom. The van der Waals surface area contributed by atoms with Gasteiger partial charge in [0.15, 0.2) is 0 Å². The van der Waals surface area contributed by atoms with Crippen molar-refractivity contribution in [2.45, 2.75) is 32.7 Å². The van der Waals surface area contributed by atoms with Gasteiger partial charge in [0.1, 0.15) is 12.4 Å². The first-order chi connectivity index (χ1) is 20.9. The molecule has 0 saturated carbocycles. The predicted molar refractivity (Wildman–Crippen MR) is 166 cm³/mol. The fourth-order valence-corrected chi connectivity index (χ4v) is 6.18. The molecule has 2 aromatic rings. The molecule has 2 fully saturated rings. The third kappa shape index (κ3) is 8.13. The maximum atomic E-state index is 13.2. The van der Waals surface area contributed by atoms with Gasteiger partial charge in [0, 0.05) is 102 Å². The molecule has 1 aromatic heterocycles. The van der Waals surface area contributed by atoms with Gasteiger partial charge in [0.25, 0.3) is 0 Å². The van der Waals surface area contributed by atoms with Crippen molar-refractivity contribution in [2.75, 3.05) is 70.9 Å². The number of nitrogens with one attached hydrogen (secondary N) is 1. The minimum Gasteiger partial charge on any atom is -0.489 e. The van der Waals surface area contributed by atoms with Gasteiger partial charge in [0.2, 0.25) is 17.7 Å². The average molecular weight is 589 g/mol. The van der Waals surface area contributed by atoms with Crippen molar-refractivity contribution in [1.29, 1.82) is 0 Å². The highest BCUT2D eigenvalue weighted by molar-refractivity contribution is 5.79. The number of anilines is 1. The number of amides is 3. The molecule has 2 bridgehead atoms. The van der Waals surface area contributed by atoms with E-state index in [1.54, 1.807) is 11.8 Å². The van der Waals surface area contributed by atoms with Crippen LogP contribution < -0.4 is 15.0 Å². The molecular weight excluding hydrogens is 544 g/mol. The monoisotopic (exact) mass is 588 g/mol. The quantitative estimate of drug-likeness (QED) is 0.518. The number of hydrogen-bond donors (Lipinski definition) is 1.